The first-order chi connectivity index (χ1) is 36.9. The minimum Gasteiger partial charge on any atom is -0.347 e. The van der Waals surface area contributed by atoms with Crippen LogP contribution in [0.2, 0.25) is 0 Å². The molecule has 78 heavy (non-hydrogen) atoms. The van der Waals surface area contributed by atoms with E-state index < -0.39 is 71.0 Å². The molecule has 1 saturated heterocycles. The second kappa shape index (κ2) is 24.8. The molecule has 0 saturated carbocycles. The summed E-state index contributed by atoms with van der Waals surface area (Å²) in [5.41, 5.74) is 5.76. The predicted molar refractivity (Wildman–Crippen MR) is 303 cm³/mol. The van der Waals surface area contributed by atoms with Crippen molar-refractivity contribution in [2.45, 2.75) is 169 Å². The van der Waals surface area contributed by atoms with Crippen molar-refractivity contribution < 1.29 is 33.6 Å². The van der Waals surface area contributed by atoms with E-state index in [-0.39, 0.29) is 68.1 Å². The number of nitrogens with one attached hydrogen (secondary N) is 6. The fourth-order valence-corrected chi connectivity index (χ4v) is 11.1. The monoisotopic (exact) mass is 1070 g/mol. The number of likely N-dealkylation sites (N-methyl/N-ethyl adjacent to an activating group) is 2. The minimum atomic E-state index is -0.966. The number of rotatable bonds is 17. The maximum Gasteiger partial charge on any atom is 0.251 e. The van der Waals surface area contributed by atoms with E-state index in [1.54, 1.807) is 49.9 Å². The van der Waals surface area contributed by atoms with Gasteiger partial charge in [-0.3, -0.25) is 33.6 Å². The fraction of sp³-hybridized carbons (Fsp3) is 0.500. The molecule has 1 aliphatic carbocycles. The average Bonchev–Trinajstić information content (AvgIpc) is 3.98. The van der Waals surface area contributed by atoms with Crippen LogP contribution in [-0.2, 0) is 54.7 Å². The van der Waals surface area contributed by atoms with Crippen LogP contribution in [0.5, 0.6) is 0 Å². The van der Waals surface area contributed by atoms with E-state index in [2.05, 4.69) is 38.0 Å². The molecule has 16 heteroatoms. The predicted octanol–water partition coefficient (Wildman–Crippen LogP) is 6.21. The van der Waals surface area contributed by atoms with E-state index in [1.165, 1.54) is 10.5 Å². The zero-order chi connectivity index (χ0) is 56.8. The van der Waals surface area contributed by atoms with Crippen LogP contribution in [0.3, 0.4) is 0 Å². The summed E-state index contributed by atoms with van der Waals surface area (Å²) in [7, 11) is 3.36. The number of carbonyl (C=O) groups excluding carboxylic acids is 7. The molecular weight excluding hydrogens is 983 g/mol. The smallest absolute Gasteiger partial charge is 0.251 e. The molecule has 2 heterocycles. The van der Waals surface area contributed by atoms with Crippen LogP contribution < -0.4 is 31.9 Å². The molecule has 9 atom stereocenters. The van der Waals surface area contributed by atoms with Gasteiger partial charge in [0.2, 0.25) is 35.4 Å². The van der Waals surface area contributed by atoms with Crippen molar-refractivity contribution in [2.75, 3.05) is 20.6 Å². The van der Waals surface area contributed by atoms with Crippen LogP contribution in [0.4, 0.5) is 0 Å². The van der Waals surface area contributed by atoms with Crippen LogP contribution in [0.15, 0.2) is 97.1 Å². The van der Waals surface area contributed by atoms with E-state index in [1.807, 2.05) is 134 Å². The lowest BCUT2D eigenvalue weighted by molar-refractivity contribution is -0.152. The van der Waals surface area contributed by atoms with Gasteiger partial charge in [-0.05, 0) is 129 Å². The highest BCUT2D eigenvalue weighted by Gasteiger charge is 2.47. The number of fused-ring (bicyclic) bond motifs is 2. The Morgan fingerprint density at radius 2 is 1.21 bits per heavy atom. The summed E-state index contributed by atoms with van der Waals surface area (Å²) in [5.74, 6) is -2.40. The van der Waals surface area contributed by atoms with Crippen molar-refractivity contribution >= 4 is 41.4 Å². The molecule has 0 bridgehead atoms. The molecule has 6 N–H and O–H groups in total. The van der Waals surface area contributed by atoms with Crippen LogP contribution in [0.1, 0.15) is 143 Å². The van der Waals surface area contributed by atoms with Gasteiger partial charge in [-0.25, -0.2) is 0 Å². The van der Waals surface area contributed by atoms with Crippen LogP contribution in [0.25, 0.3) is 0 Å². The van der Waals surface area contributed by atoms with Crippen LogP contribution >= 0.6 is 0 Å². The van der Waals surface area contributed by atoms with E-state index in [0.717, 1.165) is 52.6 Å². The molecule has 3 aliphatic rings. The standard InChI is InChI=1S/C62H83N9O7/c1-37-20-13-17-25-47(37)40(4)69(58(76)51-32-44-22-14-15-23-45(44)35-70(51)59(77)52(61(5,6)7)67-54(72)38(2)63-11)34-41-28-30-43(31-29-41)56(74)65-46-33-50(57(75)66-49-27-19-24-42-21-16-18-26-48(42)49)71(36-46)60(78)53(62(8,9)10)68-55(73)39(3)64-12/h13-18,20-23,25-26,28-31,38-40,46,49-53,63-64H,19,24,27,32-36H2,1-12H3,(H,65,74)(H,66,75)(H,67,72)(H,68,73)/t38-,39-,40?,46?,49?,50-,51-,52+,53+/m0/s1. The van der Waals surface area contributed by atoms with Gasteiger partial charge in [0.25, 0.3) is 5.91 Å². The Morgan fingerprint density at radius 1 is 0.654 bits per heavy atom. The van der Waals surface area contributed by atoms with Crippen molar-refractivity contribution in [3.63, 3.8) is 0 Å². The first kappa shape index (κ1) is 58.8. The Morgan fingerprint density at radius 3 is 1.79 bits per heavy atom. The van der Waals surface area contributed by atoms with Gasteiger partial charge in [-0.15, -0.1) is 0 Å². The summed E-state index contributed by atoms with van der Waals surface area (Å²) in [6.07, 6.45) is 3.01. The molecule has 16 nitrogen and oxygen atoms in total. The quantitative estimate of drug-likeness (QED) is 0.0712. The summed E-state index contributed by atoms with van der Waals surface area (Å²) in [6, 6.07) is 24.7. The zero-order valence-corrected chi connectivity index (χ0v) is 47.8. The molecule has 4 aromatic rings. The van der Waals surface area contributed by atoms with E-state index in [0.29, 0.717) is 5.56 Å². The number of hydrogen-bond acceptors (Lipinski definition) is 9. The van der Waals surface area contributed by atoms with Gasteiger partial charge < -0.3 is 46.6 Å². The van der Waals surface area contributed by atoms with Gasteiger partial charge in [0.05, 0.1) is 24.2 Å². The number of hydrogen-bond donors (Lipinski definition) is 6. The van der Waals surface area contributed by atoms with Crippen molar-refractivity contribution in [2.24, 2.45) is 10.8 Å². The largest absolute Gasteiger partial charge is 0.347 e. The Balaban J connectivity index is 1.15. The molecule has 0 radical (unpaired) electrons. The van der Waals surface area contributed by atoms with Crippen molar-refractivity contribution in [3.8, 4) is 0 Å². The molecule has 7 rings (SSSR count). The third-order valence-electron chi connectivity index (χ3n) is 16.1. The topological polar surface area (TPSA) is 201 Å². The molecule has 4 aromatic carbocycles. The first-order valence-corrected chi connectivity index (χ1v) is 27.7. The molecule has 3 unspecified atom stereocenters. The maximum atomic E-state index is 15.6. The Bertz CT molecular complexity index is 2840. The summed E-state index contributed by atoms with van der Waals surface area (Å²) in [5, 5.41) is 18.2. The van der Waals surface area contributed by atoms with Gasteiger partial charge in [-0.2, -0.15) is 0 Å². The van der Waals surface area contributed by atoms with Gasteiger partial charge in [-0.1, -0.05) is 126 Å². The molecule has 1 fully saturated rings. The van der Waals surface area contributed by atoms with Crippen LogP contribution in [-0.4, -0.2) is 119 Å². The van der Waals surface area contributed by atoms with E-state index in [4.69, 9.17) is 0 Å². The van der Waals surface area contributed by atoms with E-state index >= 15 is 9.59 Å². The van der Waals surface area contributed by atoms with Crippen LogP contribution in [0, 0.1) is 17.8 Å². The summed E-state index contributed by atoms with van der Waals surface area (Å²) < 4.78 is 0. The molecule has 0 spiro atoms. The summed E-state index contributed by atoms with van der Waals surface area (Å²) in [4.78, 5) is 106. The lowest BCUT2D eigenvalue weighted by atomic mass is 9.84. The fourth-order valence-electron chi connectivity index (χ4n) is 11.1. The van der Waals surface area contributed by atoms with E-state index in [9.17, 15) is 24.0 Å². The minimum absolute atomic E-state index is 0.0446. The van der Waals surface area contributed by atoms with Gasteiger partial charge in [0.15, 0.2) is 0 Å². The normalized spacial score (nSPS) is 20.2. The number of nitrogens with zero attached hydrogens (tertiary/aromatic N) is 3. The number of aryl methyl sites for hydroxylation is 2. The lowest BCUT2D eigenvalue weighted by Crippen LogP contribution is -2.62. The Labute approximate surface area is 461 Å². The SMILES string of the molecule is CN[C@@H](C)C(=O)N[C@H](C(=O)N1CC(NC(=O)c2ccc(CN(C(=O)[C@@H]3Cc4ccccc4CN3C(=O)[C@@H](NC(=O)[C@H](C)NC)C(C)(C)C)C(C)c3ccccc3C)cc2)C[C@H]1C(=O)NC1CCCc2ccccc21)C(C)(C)C. The van der Waals surface area contributed by atoms with Gasteiger partial charge in [0.1, 0.15) is 24.2 Å². The Hall–Kier alpha value is -6.91. The zero-order valence-electron chi connectivity index (χ0n) is 47.8. The highest BCUT2D eigenvalue weighted by atomic mass is 16.2. The molecule has 2 aliphatic heterocycles. The molecule has 418 valence electrons. The highest BCUT2D eigenvalue weighted by Crippen LogP contribution is 2.35. The van der Waals surface area contributed by atoms with Gasteiger partial charge >= 0.3 is 0 Å². The summed E-state index contributed by atoms with van der Waals surface area (Å²) >= 11 is 0. The van der Waals surface area contributed by atoms with Crippen molar-refractivity contribution in [1.82, 2.24) is 46.6 Å². The number of carbonyl (C=O) groups is 7. The first-order valence-electron chi connectivity index (χ1n) is 27.7. The third kappa shape index (κ3) is 13.5. The third-order valence-corrected chi connectivity index (χ3v) is 16.1. The second-order valence-electron chi connectivity index (χ2n) is 23.9. The van der Waals surface area contributed by atoms with Crippen molar-refractivity contribution in [1.29, 1.82) is 0 Å². The number of amides is 7. The number of benzene rings is 4. The lowest BCUT2D eigenvalue weighted by Gasteiger charge is -2.43. The Kier molecular flexibility index (Phi) is 18.7. The summed E-state index contributed by atoms with van der Waals surface area (Å²) in [6.45, 7) is 19.1. The van der Waals surface area contributed by atoms with Crippen molar-refractivity contribution in [3.05, 3.63) is 142 Å². The van der Waals surface area contributed by atoms with Gasteiger partial charge in [0, 0.05) is 37.7 Å². The highest BCUT2D eigenvalue weighted by molar-refractivity contribution is 5.97. The second-order valence-corrected chi connectivity index (χ2v) is 23.9. The molecule has 0 aromatic heterocycles. The number of likely N-dealkylation sites (tertiary alicyclic amines) is 1. The molecular formula is C62H83N9O7. The molecule has 7 amide bonds. The average molecular weight is 1070 g/mol. The maximum absolute atomic E-state index is 15.6.